The summed E-state index contributed by atoms with van der Waals surface area (Å²) in [4.78, 5) is 54.2. The lowest BCUT2D eigenvalue weighted by Crippen LogP contribution is -2.18. The largest absolute Gasteiger partial charge is 0.508 e. The van der Waals surface area contributed by atoms with Crippen molar-refractivity contribution in [2.24, 2.45) is 0 Å². The third kappa shape index (κ3) is 4.77. The van der Waals surface area contributed by atoms with Gasteiger partial charge in [0, 0.05) is 22.3 Å². The molecular formula is C32H22O12. The number of phenolic OH excluding ortho intramolecular Hbond substituents is 2. The average molecular weight is 599 g/mol. The van der Waals surface area contributed by atoms with E-state index in [9.17, 15) is 29.4 Å². The van der Waals surface area contributed by atoms with Gasteiger partial charge in [-0.15, -0.1) is 0 Å². The van der Waals surface area contributed by atoms with Crippen molar-refractivity contribution < 1.29 is 57.8 Å². The van der Waals surface area contributed by atoms with Crippen LogP contribution in [0.2, 0.25) is 0 Å². The van der Waals surface area contributed by atoms with Crippen LogP contribution >= 0.6 is 0 Å². The molecule has 12 nitrogen and oxygen atoms in total. The van der Waals surface area contributed by atoms with Gasteiger partial charge in [0.25, 0.3) is 0 Å². The summed E-state index contributed by atoms with van der Waals surface area (Å²) in [6.45, 7) is -0.188. The molecule has 2 heterocycles. The zero-order valence-electron chi connectivity index (χ0n) is 23.2. The zero-order chi connectivity index (χ0) is 31.1. The second-order valence-corrected chi connectivity index (χ2v) is 9.60. The predicted octanol–water partition coefficient (Wildman–Crippen LogP) is 4.37. The molecule has 4 aromatic carbocycles. The molecule has 2 aliphatic rings. The van der Waals surface area contributed by atoms with E-state index in [1.165, 1.54) is 62.8 Å². The van der Waals surface area contributed by atoms with Crippen LogP contribution in [-0.2, 0) is 0 Å². The number of carbonyl (C=O) groups excluding carboxylic acids is 4. The number of aromatic hydroxyl groups is 2. The van der Waals surface area contributed by atoms with E-state index in [2.05, 4.69) is 0 Å². The number of methoxy groups -OCH3 is 2. The Balaban J connectivity index is 1.41. The van der Waals surface area contributed by atoms with Crippen LogP contribution in [0, 0.1) is 0 Å². The second kappa shape index (κ2) is 11.0. The van der Waals surface area contributed by atoms with Gasteiger partial charge in [0.2, 0.25) is 48.2 Å². The minimum atomic E-state index is -1.03. The van der Waals surface area contributed by atoms with Gasteiger partial charge < -0.3 is 38.6 Å². The lowest BCUT2D eigenvalue weighted by molar-refractivity contribution is 0.0815. The Bertz CT molecular complexity index is 1750. The second-order valence-electron chi connectivity index (χ2n) is 9.60. The van der Waals surface area contributed by atoms with Gasteiger partial charge in [-0.1, -0.05) is 0 Å². The van der Waals surface area contributed by atoms with Gasteiger partial charge in [-0.3, -0.25) is 19.2 Å². The molecule has 12 heteroatoms. The third-order valence-corrected chi connectivity index (χ3v) is 7.04. The van der Waals surface area contributed by atoms with Crippen molar-refractivity contribution in [2.45, 2.75) is 0 Å². The molecule has 0 atom stereocenters. The van der Waals surface area contributed by atoms with Crippen LogP contribution in [0.15, 0.2) is 60.7 Å². The Morgan fingerprint density at radius 3 is 1.36 bits per heavy atom. The number of phenols is 2. The fraction of sp³-hybridized carbons (Fsp3) is 0.125. The van der Waals surface area contributed by atoms with Crippen molar-refractivity contribution in [1.82, 2.24) is 0 Å². The number of hydrogen-bond acceptors (Lipinski definition) is 12. The molecule has 0 aromatic heterocycles. The molecule has 0 unspecified atom stereocenters. The lowest BCUT2D eigenvalue weighted by Gasteiger charge is -2.14. The molecule has 0 aliphatic carbocycles. The molecule has 0 spiro atoms. The molecule has 0 saturated heterocycles. The van der Waals surface area contributed by atoms with Crippen LogP contribution in [0.4, 0.5) is 0 Å². The molecule has 0 amide bonds. The van der Waals surface area contributed by atoms with Crippen molar-refractivity contribution >= 4 is 23.1 Å². The number of ether oxygens (including phenoxy) is 6. The minimum absolute atomic E-state index is 0.0493. The van der Waals surface area contributed by atoms with E-state index in [0.717, 1.165) is 12.1 Å². The molecule has 2 aliphatic heterocycles. The van der Waals surface area contributed by atoms with Gasteiger partial charge in [0.1, 0.15) is 11.5 Å². The van der Waals surface area contributed by atoms with Crippen LogP contribution in [0.25, 0.3) is 11.1 Å². The number of benzene rings is 4. The highest BCUT2D eigenvalue weighted by molar-refractivity contribution is 6.52. The SMILES string of the molecule is COc1cc(C(=O)C(=O)c2cc(O)ccc2-c2ccc(O)cc2C(=O)C(=O)c2cc(OC)c3c(c2)OCO3)cc2c1OCO2. The van der Waals surface area contributed by atoms with Gasteiger partial charge >= 0.3 is 0 Å². The first kappa shape index (κ1) is 28.1. The summed E-state index contributed by atoms with van der Waals surface area (Å²) in [6, 6.07) is 12.6. The first-order chi connectivity index (χ1) is 21.2. The molecule has 44 heavy (non-hydrogen) atoms. The number of Topliss-reactive ketones (excluding diaryl/α,β-unsaturated/α-hetero) is 4. The smallest absolute Gasteiger partial charge is 0.234 e. The zero-order valence-corrected chi connectivity index (χ0v) is 23.2. The molecule has 0 fully saturated rings. The lowest BCUT2D eigenvalue weighted by atomic mass is 9.88. The Morgan fingerprint density at radius 2 is 0.977 bits per heavy atom. The summed E-state index contributed by atoms with van der Waals surface area (Å²) in [5, 5.41) is 20.5. The van der Waals surface area contributed by atoms with Crippen molar-refractivity contribution in [1.29, 1.82) is 0 Å². The van der Waals surface area contributed by atoms with Gasteiger partial charge in [-0.05, 0) is 71.8 Å². The fourth-order valence-corrected chi connectivity index (χ4v) is 4.94. The Morgan fingerprint density at radius 1 is 0.568 bits per heavy atom. The van der Waals surface area contributed by atoms with E-state index in [4.69, 9.17) is 28.4 Å². The number of hydrogen-bond donors (Lipinski definition) is 2. The molecule has 0 radical (unpaired) electrons. The first-order valence-electron chi connectivity index (χ1n) is 13.0. The summed E-state index contributed by atoms with van der Waals surface area (Å²) in [5.41, 5.74) is -0.563. The number of carbonyl (C=O) groups is 4. The maximum absolute atomic E-state index is 13.7. The van der Waals surface area contributed by atoms with Crippen LogP contribution in [-0.4, -0.2) is 61.2 Å². The molecule has 6 rings (SSSR count). The summed E-state index contributed by atoms with van der Waals surface area (Å²) < 4.78 is 32.0. The van der Waals surface area contributed by atoms with E-state index in [-0.39, 0.29) is 93.0 Å². The van der Waals surface area contributed by atoms with Crippen molar-refractivity contribution in [2.75, 3.05) is 27.8 Å². The maximum Gasteiger partial charge on any atom is 0.234 e. The quantitative estimate of drug-likeness (QED) is 0.207. The Kier molecular flexibility index (Phi) is 7.01. The molecule has 222 valence electrons. The Labute approximate surface area is 248 Å². The molecule has 0 saturated carbocycles. The van der Waals surface area contributed by atoms with E-state index >= 15 is 0 Å². The minimum Gasteiger partial charge on any atom is -0.508 e. The topological polar surface area (TPSA) is 164 Å². The van der Waals surface area contributed by atoms with E-state index < -0.39 is 23.1 Å². The van der Waals surface area contributed by atoms with Crippen LogP contribution in [0.3, 0.4) is 0 Å². The van der Waals surface area contributed by atoms with Gasteiger partial charge in [0.05, 0.1) is 14.2 Å². The summed E-state index contributed by atoms with van der Waals surface area (Å²) in [6.07, 6.45) is 0. The Hall–Kier alpha value is -6.04. The normalized spacial score (nSPS) is 12.5. The van der Waals surface area contributed by atoms with Gasteiger partial charge in [-0.25, -0.2) is 0 Å². The van der Waals surface area contributed by atoms with Crippen molar-refractivity contribution in [3.05, 3.63) is 82.9 Å². The summed E-state index contributed by atoms with van der Waals surface area (Å²) >= 11 is 0. The highest BCUT2D eigenvalue weighted by atomic mass is 16.7. The van der Waals surface area contributed by atoms with E-state index in [0.29, 0.717) is 0 Å². The van der Waals surface area contributed by atoms with E-state index in [1.54, 1.807) is 0 Å². The maximum atomic E-state index is 13.7. The van der Waals surface area contributed by atoms with Crippen LogP contribution < -0.4 is 28.4 Å². The fourth-order valence-electron chi connectivity index (χ4n) is 4.94. The van der Waals surface area contributed by atoms with Crippen LogP contribution in [0.1, 0.15) is 41.4 Å². The van der Waals surface area contributed by atoms with Crippen LogP contribution in [0.5, 0.6) is 46.0 Å². The first-order valence-corrected chi connectivity index (χ1v) is 13.0. The molecule has 4 aromatic rings. The number of rotatable bonds is 9. The highest BCUT2D eigenvalue weighted by Crippen LogP contribution is 2.43. The van der Waals surface area contributed by atoms with E-state index in [1.807, 2.05) is 0 Å². The summed E-state index contributed by atoms with van der Waals surface area (Å²) in [7, 11) is 2.73. The molecule has 0 bridgehead atoms. The average Bonchev–Trinajstić information content (AvgIpc) is 3.72. The predicted molar refractivity (Wildman–Crippen MR) is 151 cm³/mol. The highest BCUT2D eigenvalue weighted by Gasteiger charge is 2.31. The monoisotopic (exact) mass is 598 g/mol. The molecule has 2 N–H and O–H groups in total. The van der Waals surface area contributed by atoms with Crippen molar-refractivity contribution in [3.63, 3.8) is 0 Å². The third-order valence-electron chi connectivity index (χ3n) is 7.04. The summed E-state index contributed by atoms with van der Waals surface area (Å²) in [5.74, 6) is -3.32. The van der Waals surface area contributed by atoms with Gasteiger partial charge in [0.15, 0.2) is 23.0 Å². The number of ketones is 4. The van der Waals surface area contributed by atoms with Crippen molar-refractivity contribution in [3.8, 4) is 57.1 Å². The standard InChI is InChI=1S/C32H22O12/c1-39-23-7-15(9-25-31(23)43-13-41-25)27(35)29(37)21-11-17(33)3-5-19(21)20-6-4-18(34)12-22(20)30(38)28(36)16-8-24(40-2)32-26(10-16)42-14-44-32/h3-12,33-34H,13-14H2,1-2H3. The van der Waals surface area contributed by atoms with Gasteiger partial charge in [-0.2, -0.15) is 0 Å². The molecular weight excluding hydrogens is 576 g/mol. The number of fused-ring (bicyclic) bond motifs is 2.